The molecule has 0 saturated heterocycles. The molecule has 5 nitrogen and oxygen atoms in total. The maximum atomic E-state index is 12.2. The van der Waals surface area contributed by atoms with Crippen molar-refractivity contribution in [3.63, 3.8) is 0 Å². The average molecular weight is 248 g/mol. The second-order valence-electron chi connectivity index (χ2n) is 4.29. The molecule has 0 unspecified atom stereocenters. The van der Waals surface area contributed by atoms with Crippen LogP contribution in [0.1, 0.15) is 22.3 Å². The average Bonchev–Trinajstić information content (AvgIpc) is 2.35. The lowest BCUT2D eigenvalue weighted by atomic mass is 9.97. The molecule has 1 aliphatic heterocycles. The number of nitrogen functional groups attached to an aromatic ring is 1. The predicted octanol–water partition coefficient (Wildman–Crippen LogP) is 0.830. The molecule has 0 aliphatic carbocycles. The number of fused-ring (bicyclic) bond motifs is 1. The highest BCUT2D eigenvalue weighted by atomic mass is 16.5. The van der Waals surface area contributed by atoms with Crippen LogP contribution in [0.4, 0.5) is 5.69 Å². The van der Waals surface area contributed by atoms with Crippen molar-refractivity contribution < 1.29 is 14.3 Å². The lowest BCUT2D eigenvalue weighted by Crippen LogP contribution is -2.43. The van der Waals surface area contributed by atoms with Gasteiger partial charge in [-0.2, -0.15) is 0 Å². The molecule has 2 rings (SSSR count). The first-order valence-corrected chi connectivity index (χ1v) is 5.85. The zero-order chi connectivity index (χ0) is 13.1. The van der Waals surface area contributed by atoms with Crippen LogP contribution >= 0.6 is 0 Å². The summed E-state index contributed by atoms with van der Waals surface area (Å²) in [5.74, 6) is -0.418. The molecule has 2 amide bonds. The molecule has 0 bridgehead atoms. The second kappa shape index (κ2) is 5.18. The summed E-state index contributed by atoms with van der Waals surface area (Å²) in [4.78, 5) is 25.3. The van der Waals surface area contributed by atoms with E-state index in [2.05, 4.69) is 0 Å². The van der Waals surface area contributed by atoms with Gasteiger partial charge in [0.25, 0.3) is 5.91 Å². The van der Waals surface area contributed by atoms with Crippen molar-refractivity contribution in [2.24, 2.45) is 0 Å². The Labute approximate surface area is 106 Å². The number of methoxy groups -OCH3 is 1. The molecule has 0 fully saturated rings. The van der Waals surface area contributed by atoms with E-state index >= 15 is 0 Å². The maximum absolute atomic E-state index is 12.2. The first kappa shape index (κ1) is 12.6. The van der Waals surface area contributed by atoms with Gasteiger partial charge in [0.05, 0.1) is 6.42 Å². The third-order valence-electron chi connectivity index (χ3n) is 2.98. The molecule has 0 saturated carbocycles. The van der Waals surface area contributed by atoms with E-state index in [1.807, 2.05) is 0 Å². The van der Waals surface area contributed by atoms with E-state index in [9.17, 15) is 9.59 Å². The number of imide groups is 1. The van der Waals surface area contributed by atoms with Gasteiger partial charge in [0.1, 0.15) is 0 Å². The molecule has 96 valence electrons. The molecular formula is C13H16N2O3. The number of carbonyl (C=O) groups is 2. The minimum atomic E-state index is -0.260. The normalized spacial score (nSPS) is 14.8. The van der Waals surface area contributed by atoms with Gasteiger partial charge in [-0.15, -0.1) is 0 Å². The fourth-order valence-electron chi connectivity index (χ4n) is 2.06. The van der Waals surface area contributed by atoms with Gasteiger partial charge in [0.2, 0.25) is 5.91 Å². The van der Waals surface area contributed by atoms with Gasteiger partial charge in [0, 0.05) is 31.5 Å². The van der Waals surface area contributed by atoms with E-state index in [0.717, 1.165) is 5.56 Å². The molecule has 1 aromatic rings. The lowest BCUT2D eigenvalue weighted by molar-refractivity contribution is -0.128. The molecule has 1 aliphatic rings. The molecule has 1 heterocycles. The minimum Gasteiger partial charge on any atom is -0.399 e. The Balaban J connectivity index is 2.21. The van der Waals surface area contributed by atoms with E-state index in [1.165, 1.54) is 4.90 Å². The summed E-state index contributed by atoms with van der Waals surface area (Å²) in [7, 11) is 1.59. The molecule has 0 aromatic heterocycles. The summed E-state index contributed by atoms with van der Waals surface area (Å²) in [6, 6.07) is 5.08. The highest BCUT2D eigenvalue weighted by Gasteiger charge is 2.30. The largest absolute Gasteiger partial charge is 0.399 e. The van der Waals surface area contributed by atoms with Crippen molar-refractivity contribution in [3.05, 3.63) is 29.3 Å². The number of nitrogens with two attached hydrogens (primary N) is 1. The first-order valence-electron chi connectivity index (χ1n) is 5.85. The Morgan fingerprint density at radius 2 is 2.17 bits per heavy atom. The highest BCUT2D eigenvalue weighted by Crippen LogP contribution is 2.22. The smallest absolute Gasteiger partial charge is 0.260 e. The topological polar surface area (TPSA) is 72.6 Å². The first-order chi connectivity index (χ1) is 8.63. The van der Waals surface area contributed by atoms with E-state index in [1.54, 1.807) is 25.3 Å². The Bertz CT molecular complexity index is 485. The summed E-state index contributed by atoms with van der Waals surface area (Å²) < 4.78 is 4.92. The molecule has 5 heteroatoms. The van der Waals surface area contributed by atoms with Gasteiger partial charge < -0.3 is 10.5 Å². The molecule has 0 atom stereocenters. The van der Waals surface area contributed by atoms with Gasteiger partial charge in [-0.05, 0) is 24.1 Å². The second-order valence-corrected chi connectivity index (χ2v) is 4.29. The van der Waals surface area contributed by atoms with Crippen molar-refractivity contribution in [2.75, 3.05) is 26.0 Å². The minimum absolute atomic E-state index is 0.159. The fourth-order valence-corrected chi connectivity index (χ4v) is 2.06. The zero-order valence-corrected chi connectivity index (χ0v) is 10.3. The Morgan fingerprint density at radius 3 is 2.89 bits per heavy atom. The number of benzene rings is 1. The third-order valence-corrected chi connectivity index (χ3v) is 2.98. The molecular weight excluding hydrogens is 232 g/mol. The summed E-state index contributed by atoms with van der Waals surface area (Å²) in [6.07, 6.45) is 0.903. The van der Waals surface area contributed by atoms with Crippen molar-refractivity contribution >= 4 is 17.5 Å². The standard InChI is InChI=1S/C13H16N2O3/c1-18-6-2-5-15-12(16)7-9-3-4-10(14)8-11(9)13(15)17/h3-4,8H,2,5-7,14H2,1H3. The third kappa shape index (κ3) is 2.36. The fraction of sp³-hybridized carbons (Fsp3) is 0.385. The van der Waals surface area contributed by atoms with Crippen LogP contribution in [-0.2, 0) is 16.0 Å². The van der Waals surface area contributed by atoms with Crippen molar-refractivity contribution in [1.82, 2.24) is 4.90 Å². The van der Waals surface area contributed by atoms with Gasteiger partial charge in [-0.1, -0.05) is 6.07 Å². The van der Waals surface area contributed by atoms with Gasteiger partial charge >= 0.3 is 0 Å². The van der Waals surface area contributed by atoms with Crippen LogP contribution in [0.15, 0.2) is 18.2 Å². The number of anilines is 1. The zero-order valence-electron chi connectivity index (χ0n) is 10.3. The van der Waals surface area contributed by atoms with Crippen molar-refractivity contribution in [2.45, 2.75) is 12.8 Å². The molecule has 0 spiro atoms. The van der Waals surface area contributed by atoms with Crippen molar-refractivity contribution in [3.8, 4) is 0 Å². The van der Waals surface area contributed by atoms with E-state index < -0.39 is 0 Å². The summed E-state index contributed by atoms with van der Waals surface area (Å²) in [5.41, 5.74) is 7.49. The number of carbonyl (C=O) groups excluding carboxylic acids is 2. The lowest BCUT2D eigenvalue weighted by Gasteiger charge is -2.26. The van der Waals surface area contributed by atoms with Crippen LogP contribution < -0.4 is 5.73 Å². The number of nitrogens with zero attached hydrogens (tertiary/aromatic N) is 1. The summed E-state index contributed by atoms with van der Waals surface area (Å²) in [6.45, 7) is 0.917. The van der Waals surface area contributed by atoms with Crippen molar-refractivity contribution in [1.29, 1.82) is 0 Å². The maximum Gasteiger partial charge on any atom is 0.260 e. The molecule has 0 radical (unpaired) electrons. The SMILES string of the molecule is COCCCN1C(=O)Cc2ccc(N)cc2C1=O. The molecule has 1 aromatic carbocycles. The van der Waals surface area contributed by atoms with Crippen LogP contribution in [0.3, 0.4) is 0 Å². The Morgan fingerprint density at radius 1 is 1.39 bits per heavy atom. The summed E-state index contributed by atoms with van der Waals surface area (Å²) in [5, 5.41) is 0. The van der Waals surface area contributed by atoms with Crippen LogP contribution in [-0.4, -0.2) is 37.0 Å². The van der Waals surface area contributed by atoms with E-state index in [4.69, 9.17) is 10.5 Å². The van der Waals surface area contributed by atoms with Crippen LogP contribution in [0.5, 0.6) is 0 Å². The van der Waals surface area contributed by atoms with Crippen LogP contribution in [0.25, 0.3) is 0 Å². The number of amides is 2. The van der Waals surface area contributed by atoms with Crippen LogP contribution in [0.2, 0.25) is 0 Å². The predicted molar refractivity (Wildman–Crippen MR) is 67.1 cm³/mol. The highest BCUT2D eigenvalue weighted by molar-refractivity contribution is 6.10. The molecule has 18 heavy (non-hydrogen) atoms. The van der Waals surface area contributed by atoms with E-state index in [0.29, 0.717) is 30.8 Å². The van der Waals surface area contributed by atoms with Gasteiger partial charge in [-0.25, -0.2) is 0 Å². The quantitative estimate of drug-likeness (QED) is 0.486. The number of rotatable bonds is 4. The monoisotopic (exact) mass is 248 g/mol. The van der Waals surface area contributed by atoms with Gasteiger partial charge in [-0.3, -0.25) is 14.5 Å². The number of hydrogen-bond acceptors (Lipinski definition) is 4. The Kier molecular flexibility index (Phi) is 3.62. The Hall–Kier alpha value is -1.88. The van der Waals surface area contributed by atoms with Gasteiger partial charge in [0.15, 0.2) is 0 Å². The number of hydrogen-bond donors (Lipinski definition) is 1. The molecule has 2 N–H and O–H groups in total. The summed E-state index contributed by atoms with van der Waals surface area (Å²) >= 11 is 0. The van der Waals surface area contributed by atoms with E-state index in [-0.39, 0.29) is 18.2 Å². The number of ether oxygens (including phenoxy) is 1. The van der Waals surface area contributed by atoms with Crippen LogP contribution in [0, 0.1) is 0 Å².